The maximum Gasteiger partial charge on any atom is 0.0720 e. The summed E-state index contributed by atoms with van der Waals surface area (Å²) in [5.74, 6) is 0. The van der Waals surface area contributed by atoms with Crippen molar-refractivity contribution in [3.8, 4) is 0 Å². The molecule has 1 nitrogen and oxygen atoms in total. The summed E-state index contributed by atoms with van der Waals surface area (Å²) in [6, 6.07) is 0.454. The number of halogens is 1. The number of nitrogens with zero attached hydrogens (tertiary/aromatic N) is 1. The lowest BCUT2D eigenvalue weighted by Crippen LogP contribution is -2.15. The van der Waals surface area contributed by atoms with E-state index in [1.54, 1.807) is 0 Å². The third-order valence-corrected chi connectivity index (χ3v) is 3.67. The van der Waals surface area contributed by atoms with Crippen LogP contribution in [0.1, 0.15) is 32.1 Å². The molecule has 0 N–H and O–H groups in total. The van der Waals surface area contributed by atoms with Gasteiger partial charge in [0.05, 0.1) is 11.2 Å². The van der Waals surface area contributed by atoms with Gasteiger partial charge in [0.15, 0.2) is 0 Å². The molecule has 3 heteroatoms. The Balaban J connectivity index is 2.51. The summed E-state index contributed by atoms with van der Waals surface area (Å²) in [5, 5.41) is 2.50. The molecule has 0 spiro atoms. The highest BCUT2D eigenvalue weighted by Crippen LogP contribution is 2.25. The molecule has 0 heterocycles. The number of alkyl halides is 1. The molecule has 0 bridgehead atoms. The van der Waals surface area contributed by atoms with Crippen LogP contribution < -0.4 is 0 Å². The van der Waals surface area contributed by atoms with Gasteiger partial charge in [-0.25, -0.2) is 4.99 Å². The molecular weight excluding hydrogens is 269 g/mol. The van der Waals surface area contributed by atoms with Crippen LogP contribution in [0.5, 0.6) is 0 Å². The standard InChI is InChI=1S/C8H12INS/c9-7-4-2-1-3-5-8(7)10-6-11/h7-8H,1-5H2/t7-,8-/m1/s1. The van der Waals surface area contributed by atoms with Gasteiger partial charge in [0.2, 0.25) is 0 Å². The molecule has 1 rings (SSSR count). The third-order valence-electron chi connectivity index (χ3n) is 2.12. The molecular formula is C8H12INS. The first-order chi connectivity index (χ1) is 5.34. The smallest absolute Gasteiger partial charge is 0.0720 e. The molecule has 0 aromatic carbocycles. The van der Waals surface area contributed by atoms with Gasteiger partial charge in [-0.15, -0.1) is 0 Å². The van der Waals surface area contributed by atoms with Crippen molar-refractivity contribution in [2.24, 2.45) is 4.99 Å². The fraction of sp³-hybridized carbons (Fsp3) is 0.875. The van der Waals surface area contributed by atoms with E-state index in [1.807, 2.05) is 0 Å². The summed E-state index contributed by atoms with van der Waals surface area (Å²) in [6.07, 6.45) is 6.54. The first kappa shape index (κ1) is 9.62. The third kappa shape index (κ3) is 3.18. The Labute approximate surface area is 86.8 Å². The number of aliphatic imine (C=N–C) groups is 1. The minimum absolute atomic E-state index is 0.454. The molecule has 0 saturated heterocycles. The lowest BCUT2D eigenvalue weighted by atomic mass is 10.1. The minimum Gasteiger partial charge on any atom is -0.228 e. The maximum atomic E-state index is 4.61. The van der Waals surface area contributed by atoms with E-state index < -0.39 is 0 Å². The minimum atomic E-state index is 0.454. The van der Waals surface area contributed by atoms with Gasteiger partial charge >= 0.3 is 0 Å². The number of hydrogen-bond acceptors (Lipinski definition) is 2. The van der Waals surface area contributed by atoms with E-state index in [-0.39, 0.29) is 0 Å². The first-order valence-electron chi connectivity index (χ1n) is 4.05. The van der Waals surface area contributed by atoms with Crippen LogP contribution in [-0.2, 0) is 0 Å². The Kier molecular flexibility index (Phi) is 4.57. The van der Waals surface area contributed by atoms with Crippen molar-refractivity contribution in [3.63, 3.8) is 0 Å². The van der Waals surface area contributed by atoms with Crippen LogP contribution in [0.15, 0.2) is 4.99 Å². The summed E-state index contributed by atoms with van der Waals surface area (Å²) in [7, 11) is 0. The van der Waals surface area contributed by atoms with Crippen LogP contribution in [0.25, 0.3) is 0 Å². The van der Waals surface area contributed by atoms with Crippen LogP contribution in [0.4, 0.5) is 0 Å². The molecule has 1 fully saturated rings. The van der Waals surface area contributed by atoms with Crippen LogP contribution >= 0.6 is 34.8 Å². The molecule has 1 aliphatic carbocycles. The summed E-state index contributed by atoms with van der Waals surface area (Å²) in [5.41, 5.74) is 0. The summed E-state index contributed by atoms with van der Waals surface area (Å²) < 4.78 is 0.686. The second kappa shape index (κ2) is 5.22. The van der Waals surface area contributed by atoms with Gasteiger partial charge in [-0.05, 0) is 25.1 Å². The lowest BCUT2D eigenvalue weighted by Gasteiger charge is -2.12. The highest BCUT2D eigenvalue weighted by molar-refractivity contribution is 14.1. The normalized spacial score (nSPS) is 32.1. The zero-order chi connectivity index (χ0) is 8.10. The molecule has 2 atom stereocenters. The molecule has 0 radical (unpaired) electrons. The monoisotopic (exact) mass is 281 g/mol. The van der Waals surface area contributed by atoms with E-state index in [9.17, 15) is 0 Å². The maximum absolute atomic E-state index is 4.61. The summed E-state index contributed by atoms with van der Waals surface area (Å²) in [6.45, 7) is 0. The molecule has 1 aliphatic rings. The predicted octanol–water partition coefficient (Wildman–Crippen LogP) is 3.23. The zero-order valence-electron chi connectivity index (χ0n) is 6.42. The van der Waals surface area contributed by atoms with E-state index in [0.717, 1.165) is 0 Å². The Morgan fingerprint density at radius 1 is 1.27 bits per heavy atom. The van der Waals surface area contributed by atoms with Gasteiger partial charge < -0.3 is 0 Å². The van der Waals surface area contributed by atoms with Crippen molar-refractivity contribution >= 4 is 40.0 Å². The van der Waals surface area contributed by atoms with Crippen LogP contribution in [0, 0.1) is 0 Å². The van der Waals surface area contributed by atoms with E-state index in [4.69, 9.17) is 0 Å². The average Bonchev–Trinajstić information content (AvgIpc) is 2.18. The van der Waals surface area contributed by atoms with Gasteiger partial charge in [0.25, 0.3) is 0 Å². The van der Waals surface area contributed by atoms with Crippen molar-refractivity contribution in [1.82, 2.24) is 0 Å². The topological polar surface area (TPSA) is 12.4 Å². The Morgan fingerprint density at radius 2 is 2.00 bits per heavy atom. The SMILES string of the molecule is S=C=N[C@@H]1CCCCC[C@H]1I. The van der Waals surface area contributed by atoms with Gasteiger partial charge in [-0.2, -0.15) is 0 Å². The molecule has 62 valence electrons. The molecule has 0 aromatic rings. The Morgan fingerprint density at radius 3 is 2.73 bits per heavy atom. The van der Waals surface area contributed by atoms with E-state index in [1.165, 1.54) is 32.1 Å². The summed E-state index contributed by atoms with van der Waals surface area (Å²) in [4.78, 5) is 4.18. The van der Waals surface area contributed by atoms with E-state index in [2.05, 4.69) is 45.0 Å². The summed E-state index contributed by atoms with van der Waals surface area (Å²) >= 11 is 7.10. The lowest BCUT2D eigenvalue weighted by molar-refractivity contribution is 0.615. The van der Waals surface area contributed by atoms with Gasteiger partial charge in [0, 0.05) is 3.92 Å². The second-order valence-corrected chi connectivity index (χ2v) is 4.72. The molecule has 0 aromatic heterocycles. The fourth-order valence-electron chi connectivity index (χ4n) is 1.46. The number of thiocarbonyl (C=S) groups is 1. The van der Waals surface area contributed by atoms with E-state index >= 15 is 0 Å². The number of rotatable bonds is 1. The van der Waals surface area contributed by atoms with Crippen molar-refractivity contribution in [3.05, 3.63) is 0 Å². The number of isothiocyanates is 1. The van der Waals surface area contributed by atoms with Crippen LogP contribution in [0.3, 0.4) is 0 Å². The first-order valence-corrected chi connectivity index (χ1v) is 5.71. The van der Waals surface area contributed by atoms with Crippen LogP contribution in [0.2, 0.25) is 0 Å². The molecule has 0 aliphatic heterocycles. The largest absolute Gasteiger partial charge is 0.228 e. The van der Waals surface area contributed by atoms with Crippen molar-refractivity contribution in [1.29, 1.82) is 0 Å². The predicted molar refractivity (Wildman–Crippen MR) is 59.7 cm³/mol. The average molecular weight is 281 g/mol. The quantitative estimate of drug-likeness (QED) is 0.236. The van der Waals surface area contributed by atoms with Gasteiger partial charge in [-0.1, -0.05) is 41.9 Å². The van der Waals surface area contributed by atoms with Gasteiger partial charge in [0.1, 0.15) is 0 Å². The van der Waals surface area contributed by atoms with Crippen molar-refractivity contribution < 1.29 is 0 Å². The molecule has 11 heavy (non-hydrogen) atoms. The highest BCUT2D eigenvalue weighted by Gasteiger charge is 2.19. The highest BCUT2D eigenvalue weighted by atomic mass is 127. The second-order valence-electron chi connectivity index (χ2n) is 2.94. The molecule has 0 amide bonds. The van der Waals surface area contributed by atoms with Crippen LogP contribution in [-0.4, -0.2) is 15.1 Å². The Bertz CT molecular complexity index is 165. The molecule has 1 saturated carbocycles. The molecule has 0 unspecified atom stereocenters. The van der Waals surface area contributed by atoms with Gasteiger partial charge in [-0.3, -0.25) is 0 Å². The van der Waals surface area contributed by atoms with E-state index in [0.29, 0.717) is 9.97 Å². The Hall–Kier alpha value is 0.530. The fourth-order valence-corrected chi connectivity index (χ4v) is 2.55. The van der Waals surface area contributed by atoms with Crippen molar-refractivity contribution in [2.75, 3.05) is 0 Å². The zero-order valence-corrected chi connectivity index (χ0v) is 9.40. The number of hydrogen-bond donors (Lipinski definition) is 0. The van der Waals surface area contributed by atoms with Crippen molar-refractivity contribution in [2.45, 2.75) is 42.1 Å².